The molecule has 0 saturated carbocycles. The summed E-state index contributed by atoms with van der Waals surface area (Å²) in [7, 11) is 0. The van der Waals surface area contributed by atoms with Crippen LogP contribution in [0.2, 0.25) is 0 Å². The molecule has 2 aliphatic rings. The third-order valence-corrected chi connectivity index (χ3v) is 4.55. The fourth-order valence-corrected chi connectivity index (χ4v) is 3.44. The molecule has 0 spiro atoms. The Labute approximate surface area is 121 Å². The minimum Gasteiger partial charge on any atom is -0.339 e. The van der Waals surface area contributed by atoms with Gasteiger partial charge in [-0.25, -0.2) is 0 Å². The number of hydrogen-bond acceptors (Lipinski definition) is 5. The van der Waals surface area contributed by atoms with E-state index >= 15 is 0 Å². The van der Waals surface area contributed by atoms with Gasteiger partial charge in [0.05, 0.1) is 6.54 Å². The molecule has 1 aromatic rings. The summed E-state index contributed by atoms with van der Waals surface area (Å²) in [6.45, 7) is 8.53. The standard InChI is InChI=1S/C15H26N4O/c1-11(2)15-17-14(18-20-15)10-19-8-4-5-12(9-19)13-6-3-7-16-13/h11-13,16H,3-10H2,1-2H3. The van der Waals surface area contributed by atoms with Crippen molar-refractivity contribution in [3.8, 4) is 0 Å². The summed E-state index contributed by atoms with van der Waals surface area (Å²) in [6.07, 6.45) is 5.33. The van der Waals surface area contributed by atoms with Gasteiger partial charge in [0.1, 0.15) is 0 Å². The van der Waals surface area contributed by atoms with E-state index in [1.54, 1.807) is 0 Å². The normalized spacial score (nSPS) is 28.4. The van der Waals surface area contributed by atoms with Crippen LogP contribution in [0, 0.1) is 5.92 Å². The van der Waals surface area contributed by atoms with E-state index in [9.17, 15) is 0 Å². The van der Waals surface area contributed by atoms with Crippen molar-refractivity contribution in [3.05, 3.63) is 11.7 Å². The topological polar surface area (TPSA) is 54.2 Å². The molecule has 3 heterocycles. The number of aromatic nitrogens is 2. The molecule has 5 heteroatoms. The van der Waals surface area contributed by atoms with Gasteiger partial charge in [0, 0.05) is 18.5 Å². The first kappa shape index (κ1) is 14.0. The summed E-state index contributed by atoms with van der Waals surface area (Å²) >= 11 is 0. The van der Waals surface area contributed by atoms with Crippen LogP contribution in [-0.4, -0.2) is 40.7 Å². The third kappa shape index (κ3) is 3.20. The first-order chi connectivity index (χ1) is 9.72. The quantitative estimate of drug-likeness (QED) is 0.914. The lowest BCUT2D eigenvalue weighted by Crippen LogP contribution is -2.43. The molecule has 0 aromatic carbocycles. The van der Waals surface area contributed by atoms with E-state index in [4.69, 9.17) is 4.52 Å². The largest absolute Gasteiger partial charge is 0.339 e. The Hall–Kier alpha value is -0.940. The van der Waals surface area contributed by atoms with E-state index in [0.717, 1.165) is 36.8 Å². The molecule has 5 nitrogen and oxygen atoms in total. The van der Waals surface area contributed by atoms with E-state index < -0.39 is 0 Å². The summed E-state index contributed by atoms with van der Waals surface area (Å²) in [5.41, 5.74) is 0. The van der Waals surface area contributed by atoms with E-state index in [-0.39, 0.29) is 0 Å². The van der Waals surface area contributed by atoms with Crippen LogP contribution in [-0.2, 0) is 6.54 Å². The average molecular weight is 278 g/mol. The van der Waals surface area contributed by atoms with Gasteiger partial charge in [-0.1, -0.05) is 19.0 Å². The van der Waals surface area contributed by atoms with Crippen molar-refractivity contribution in [2.24, 2.45) is 5.92 Å². The van der Waals surface area contributed by atoms with Gasteiger partial charge in [-0.2, -0.15) is 4.98 Å². The van der Waals surface area contributed by atoms with Crippen molar-refractivity contribution >= 4 is 0 Å². The zero-order chi connectivity index (χ0) is 13.9. The van der Waals surface area contributed by atoms with Crippen molar-refractivity contribution in [3.63, 3.8) is 0 Å². The Morgan fingerprint density at radius 1 is 1.35 bits per heavy atom. The number of rotatable bonds is 4. The lowest BCUT2D eigenvalue weighted by molar-refractivity contribution is 0.141. The second-order valence-corrected chi connectivity index (χ2v) is 6.54. The first-order valence-corrected chi connectivity index (χ1v) is 8.00. The van der Waals surface area contributed by atoms with Crippen LogP contribution in [0.5, 0.6) is 0 Å². The number of nitrogens with zero attached hydrogens (tertiary/aromatic N) is 3. The average Bonchev–Trinajstić information content (AvgIpc) is 3.10. The minimum absolute atomic E-state index is 0.313. The van der Waals surface area contributed by atoms with Gasteiger partial charge in [-0.15, -0.1) is 0 Å². The van der Waals surface area contributed by atoms with Crippen LogP contribution in [0.1, 0.15) is 57.2 Å². The van der Waals surface area contributed by atoms with Gasteiger partial charge in [0.15, 0.2) is 5.82 Å². The van der Waals surface area contributed by atoms with Gasteiger partial charge in [-0.3, -0.25) is 4.90 Å². The van der Waals surface area contributed by atoms with Crippen LogP contribution in [0.15, 0.2) is 4.52 Å². The zero-order valence-electron chi connectivity index (χ0n) is 12.6. The highest BCUT2D eigenvalue weighted by Gasteiger charge is 2.29. The maximum Gasteiger partial charge on any atom is 0.229 e. The molecule has 112 valence electrons. The predicted molar refractivity (Wildman–Crippen MR) is 77.4 cm³/mol. The van der Waals surface area contributed by atoms with Crippen LogP contribution in [0.4, 0.5) is 0 Å². The second-order valence-electron chi connectivity index (χ2n) is 6.54. The minimum atomic E-state index is 0.313. The summed E-state index contributed by atoms with van der Waals surface area (Å²) in [5.74, 6) is 2.70. The molecule has 2 unspecified atom stereocenters. The molecule has 2 saturated heterocycles. The molecule has 0 radical (unpaired) electrons. The molecule has 0 bridgehead atoms. The van der Waals surface area contributed by atoms with Crippen molar-refractivity contribution < 1.29 is 4.52 Å². The van der Waals surface area contributed by atoms with Gasteiger partial charge in [0.25, 0.3) is 0 Å². The molecule has 3 rings (SSSR count). The molecule has 0 aliphatic carbocycles. The maximum atomic E-state index is 5.29. The number of nitrogens with one attached hydrogen (secondary N) is 1. The first-order valence-electron chi connectivity index (χ1n) is 8.00. The highest BCUT2D eigenvalue weighted by atomic mass is 16.5. The maximum absolute atomic E-state index is 5.29. The molecular formula is C15H26N4O. The van der Waals surface area contributed by atoms with Gasteiger partial charge in [0.2, 0.25) is 5.89 Å². The smallest absolute Gasteiger partial charge is 0.229 e. The Morgan fingerprint density at radius 2 is 2.25 bits per heavy atom. The zero-order valence-corrected chi connectivity index (χ0v) is 12.6. The van der Waals surface area contributed by atoms with Crippen molar-refractivity contribution in [2.75, 3.05) is 19.6 Å². The highest BCUT2D eigenvalue weighted by molar-refractivity contribution is 4.92. The number of piperidine rings is 1. The molecular weight excluding hydrogens is 252 g/mol. The van der Waals surface area contributed by atoms with Gasteiger partial charge < -0.3 is 9.84 Å². The second kappa shape index (κ2) is 6.22. The SMILES string of the molecule is CC(C)c1nc(CN2CCCC(C3CCCN3)C2)no1. The van der Waals surface area contributed by atoms with Gasteiger partial charge >= 0.3 is 0 Å². The fraction of sp³-hybridized carbons (Fsp3) is 0.867. The molecule has 1 N–H and O–H groups in total. The molecule has 2 atom stereocenters. The summed E-state index contributed by atoms with van der Waals surface area (Å²) in [4.78, 5) is 6.98. The molecule has 1 aromatic heterocycles. The van der Waals surface area contributed by atoms with Crippen molar-refractivity contribution in [1.29, 1.82) is 0 Å². The van der Waals surface area contributed by atoms with E-state index in [0.29, 0.717) is 5.92 Å². The molecule has 2 fully saturated rings. The molecule has 20 heavy (non-hydrogen) atoms. The number of hydrogen-bond donors (Lipinski definition) is 1. The Bertz CT molecular complexity index is 425. The monoisotopic (exact) mass is 278 g/mol. The van der Waals surface area contributed by atoms with E-state index in [2.05, 4.69) is 34.2 Å². The highest BCUT2D eigenvalue weighted by Crippen LogP contribution is 2.25. The van der Waals surface area contributed by atoms with Crippen LogP contribution in [0.3, 0.4) is 0 Å². The lowest BCUT2D eigenvalue weighted by atomic mass is 9.90. The third-order valence-electron chi connectivity index (χ3n) is 4.55. The predicted octanol–water partition coefficient (Wildman–Crippen LogP) is 2.16. The molecule has 0 amide bonds. The van der Waals surface area contributed by atoms with Crippen molar-refractivity contribution in [2.45, 2.75) is 58.0 Å². The van der Waals surface area contributed by atoms with Crippen LogP contribution < -0.4 is 5.32 Å². The van der Waals surface area contributed by atoms with Gasteiger partial charge in [-0.05, 0) is 44.7 Å². The van der Waals surface area contributed by atoms with E-state index in [1.807, 2.05) is 0 Å². The number of likely N-dealkylation sites (tertiary alicyclic amines) is 1. The molecule has 2 aliphatic heterocycles. The Kier molecular flexibility index (Phi) is 4.36. The fourth-order valence-electron chi connectivity index (χ4n) is 3.44. The Morgan fingerprint density at radius 3 is 2.95 bits per heavy atom. The van der Waals surface area contributed by atoms with E-state index in [1.165, 1.54) is 38.8 Å². The summed E-state index contributed by atoms with van der Waals surface area (Å²) < 4.78 is 5.29. The van der Waals surface area contributed by atoms with Crippen LogP contribution in [0.25, 0.3) is 0 Å². The summed E-state index contributed by atoms with van der Waals surface area (Å²) in [5, 5.41) is 7.76. The summed E-state index contributed by atoms with van der Waals surface area (Å²) in [6, 6.07) is 0.731. The Balaban J connectivity index is 1.56. The van der Waals surface area contributed by atoms with Crippen LogP contribution >= 0.6 is 0 Å². The van der Waals surface area contributed by atoms with Crippen molar-refractivity contribution in [1.82, 2.24) is 20.4 Å². The lowest BCUT2D eigenvalue weighted by Gasteiger charge is -2.35.